The number of aryl methyl sites for hydroxylation is 1. The zero-order valence-corrected chi connectivity index (χ0v) is 24.6. The monoisotopic (exact) mass is 521 g/mol. The fourth-order valence-electron chi connectivity index (χ4n) is 3.87. The summed E-state index contributed by atoms with van der Waals surface area (Å²) in [7, 11) is 0. The molecule has 3 amide bonds. The van der Waals surface area contributed by atoms with E-state index in [1.807, 2.05) is 52.8 Å². The molecule has 0 heterocycles. The Labute approximate surface area is 223 Å². The lowest BCUT2D eigenvalue weighted by molar-refractivity contribution is -0.142. The van der Waals surface area contributed by atoms with Gasteiger partial charge in [-0.3, -0.25) is 9.59 Å². The predicted octanol–water partition coefficient (Wildman–Crippen LogP) is 5.49. The van der Waals surface area contributed by atoms with Crippen LogP contribution in [0.3, 0.4) is 0 Å². The molecule has 0 bridgehead atoms. The number of nitrogens with zero attached hydrogens (tertiary/aromatic N) is 1. The fraction of sp³-hybridized carbons (Fsp3) is 0.679. The Bertz CT molecular complexity index is 890. The molecule has 1 aromatic carbocycles. The fourth-order valence-corrected chi connectivity index (χ4v) is 4.12. The Morgan fingerprint density at radius 2 is 1.67 bits per heavy atom. The lowest BCUT2D eigenvalue weighted by Gasteiger charge is -2.36. The van der Waals surface area contributed by atoms with Crippen LogP contribution >= 0.6 is 12.6 Å². The van der Waals surface area contributed by atoms with E-state index in [0.29, 0.717) is 6.54 Å². The predicted molar refractivity (Wildman–Crippen MR) is 149 cm³/mol. The zero-order valence-electron chi connectivity index (χ0n) is 23.7. The lowest BCUT2D eigenvalue weighted by atomic mass is 9.94. The van der Waals surface area contributed by atoms with Crippen LogP contribution in [-0.2, 0) is 14.3 Å². The molecule has 0 saturated heterocycles. The van der Waals surface area contributed by atoms with E-state index in [0.717, 1.165) is 42.4 Å². The molecule has 7 nitrogen and oxygen atoms in total. The van der Waals surface area contributed by atoms with E-state index in [2.05, 4.69) is 30.2 Å². The first-order valence-electron chi connectivity index (χ1n) is 12.9. The van der Waals surface area contributed by atoms with Crippen molar-refractivity contribution >= 4 is 30.5 Å². The maximum Gasteiger partial charge on any atom is 0.408 e. The van der Waals surface area contributed by atoms with Crippen LogP contribution in [0.1, 0.15) is 96.9 Å². The molecule has 36 heavy (non-hydrogen) atoms. The SMILES string of the molecule is CCCCCCN(C(=O)C(CS)NC(=O)OC(C)(C)C)C(C(=O)NC(C)(C)C)c1cccc(C)c1C. The maximum atomic E-state index is 13.9. The Hall–Kier alpha value is -2.22. The summed E-state index contributed by atoms with van der Waals surface area (Å²) in [4.78, 5) is 41.8. The normalized spacial score (nSPS) is 13.5. The molecule has 2 atom stereocenters. The van der Waals surface area contributed by atoms with Crippen LogP contribution in [-0.4, -0.2) is 52.3 Å². The van der Waals surface area contributed by atoms with Gasteiger partial charge in [-0.2, -0.15) is 12.6 Å². The van der Waals surface area contributed by atoms with Gasteiger partial charge in [-0.25, -0.2) is 4.79 Å². The van der Waals surface area contributed by atoms with Crippen molar-refractivity contribution in [1.29, 1.82) is 0 Å². The summed E-state index contributed by atoms with van der Waals surface area (Å²) in [5.74, 6) is -0.540. The summed E-state index contributed by atoms with van der Waals surface area (Å²) >= 11 is 4.35. The van der Waals surface area contributed by atoms with Crippen LogP contribution in [0, 0.1) is 13.8 Å². The Morgan fingerprint density at radius 3 is 2.19 bits per heavy atom. The average Bonchev–Trinajstić information content (AvgIpc) is 2.73. The van der Waals surface area contributed by atoms with Gasteiger partial charge in [0.1, 0.15) is 17.7 Å². The van der Waals surface area contributed by atoms with Gasteiger partial charge in [0, 0.05) is 17.8 Å². The van der Waals surface area contributed by atoms with Crippen molar-refractivity contribution < 1.29 is 19.1 Å². The minimum absolute atomic E-state index is 0.0734. The first-order valence-corrected chi connectivity index (χ1v) is 13.5. The van der Waals surface area contributed by atoms with Crippen LogP contribution in [0.4, 0.5) is 4.79 Å². The zero-order chi connectivity index (χ0) is 27.7. The molecule has 8 heteroatoms. The van der Waals surface area contributed by atoms with Gasteiger partial charge in [0.2, 0.25) is 11.8 Å². The van der Waals surface area contributed by atoms with Crippen molar-refractivity contribution in [2.24, 2.45) is 0 Å². The molecule has 0 radical (unpaired) electrons. The van der Waals surface area contributed by atoms with Gasteiger partial charge in [0.05, 0.1) is 0 Å². The number of unbranched alkanes of at least 4 members (excludes halogenated alkanes) is 3. The van der Waals surface area contributed by atoms with Gasteiger partial charge in [-0.1, -0.05) is 44.4 Å². The number of carbonyl (C=O) groups excluding carboxylic acids is 3. The van der Waals surface area contributed by atoms with Crippen molar-refractivity contribution in [1.82, 2.24) is 15.5 Å². The largest absolute Gasteiger partial charge is 0.444 e. The highest BCUT2D eigenvalue weighted by Crippen LogP contribution is 2.28. The number of benzene rings is 1. The van der Waals surface area contributed by atoms with Crippen LogP contribution in [0.5, 0.6) is 0 Å². The maximum absolute atomic E-state index is 13.9. The van der Waals surface area contributed by atoms with Crippen molar-refractivity contribution in [2.45, 2.75) is 111 Å². The Balaban J connectivity index is 3.50. The molecule has 0 fully saturated rings. The van der Waals surface area contributed by atoms with Crippen molar-refractivity contribution in [2.75, 3.05) is 12.3 Å². The van der Waals surface area contributed by atoms with E-state index in [4.69, 9.17) is 4.74 Å². The quantitative estimate of drug-likeness (QED) is 0.265. The molecule has 1 aromatic rings. The molecule has 2 N–H and O–H groups in total. The second-order valence-corrected chi connectivity index (χ2v) is 11.8. The second-order valence-electron chi connectivity index (χ2n) is 11.4. The minimum Gasteiger partial charge on any atom is -0.444 e. The van der Waals surface area contributed by atoms with Crippen molar-refractivity contribution in [3.63, 3.8) is 0 Å². The molecular formula is C28H47N3O4S. The minimum atomic E-state index is -0.940. The number of nitrogens with one attached hydrogen (secondary N) is 2. The molecule has 204 valence electrons. The number of alkyl carbamates (subject to hydrolysis) is 1. The van der Waals surface area contributed by atoms with Gasteiger partial charge in [0.25, 0.3) is 0 Å². The molecule has 0 spiro atoms. The third-order valence-electron chi connectivity index (χ3n) is 5.71. The van der Waals surface area contributed by atoms with Crippen molar-refractivity contribution in [3.05, 3.63) is 34.9 Å². The topological polar surface area (TPSA) is 87.7 Å². The summed E-state index contributed by atoms with van der Waals surface area (Å²) in [5.41, 5.74) is 1.58. The Morgan fingerprint density at radius 1 is 1.03 bits per heavy atom. The number of amides is 3. The van der Waals surface area contributed by atoms with E-state index in [1.54, 1.807) is 25.7 Å². The van der Waals surface area contributed by atoms with E-state index >= 15 is 0 Å². The number of ether oxygens (including phenoxy) is 1. The number of thiol groups is 1. The second kappa shape index (κ2) is 13.9. The van der Waals surface area contributed by atoms with Gasteiger partial charge in [0.15, 0.2) is 0 Å². The van der Waals surface area contributed by atoms with Gasteiger partial charge < -0.3 is 20.3 Å². The van der Waals surface area contributed by atoms with E-state index in [9.17, 15) is 14.4 Å². The summed E-state index contributed by atoms with van der Waals surface area (Å²) in [6.07, 6.45) is 3.08. The van der Waals surface area contributed by atoms with Crippen molar-refractivity contribution in [3.8, 4) is 0 Å². The molecule has 0 aromatic heterocycles. The molecule has 1 rings (SSSR count). The highest BCUT2D eigenvalue weighted by molar-refractivity contribution is 7.80. The molecule has 0 aliphatic carbocycles. The highest BCUT2D eigenvalue weighted by atomic mass is 32.1. The highest BCUT2D eigenvalue weighted by Gasteiger charge is 2.37. The summed E-state index contributed by atoms with van der Waals surface area (Å²) in [6.45, 7) is 17.5. The first kappa shape index (κ1) is 31.8. The Kier molecular flexibility index (Phi) is 12.3. The average molecular weight is 522 g/mol. The van der Waals surface area contributed by atoms with E-state index in [1.165, 1.54) is 0 Å². The smallest absolute Gasteiger partial charge is 0.408 e. The standard InChI is InChI=1S/C28H47N3O4S/c1-10-11-12-13-17-31(25(33)22(18-36)29-26(34)35-28(7,8)9)23(24(32)30-27(4,5)6)21-16-14-15-19(2)20(21)3/h14-16,22-23,36H,10-13,17-18H2,1-9H3,(H,29,34)(H,30,32). The summed E-state index contributed by atoms with van der Waals surface area (Å²) < 4.78 is 5.37. The van der Waals surface area contributed by atoms with Gasteiger partial charge >= 0.3 is 6.09 Å². The first-order chi connectivity index (χ1) is 16.6. The van der Waals surface area contributed by atoms with Gasteiger partial charge in [-0.05, 0) is 78.5 Å². The van der Waals surface area contributed by atoms with E-state index in [-0.39, 0.29) is 17.6 Å². The molecule has 0 aliphatic rings. The van der Waals surface area contributed by atoms with Crippen LogP contribution in [0.25, 0.3) is 0 Å². The molecule has 0 aliphatic heterocycles. The van der Waals surface area contributed by atoms with Crippen LogP contribution < -0.4 is 10.6 Å². The molecular weight excluding hydrogens is 474 g/mol. The van der Waals surface area contributed by atoms with Crippen LogP contribution in [0.15, 0.2) is 18.2 Å². The summed E-state index contributed by atoms with van der Waals surface area (Å²) in [5, 5.41) is 5.73. The number of carbonyl (C=O) groups is 3. The van der Waals surface area contributed by atoms with Crippen LogP contribution in [0.2, 0.25) is 0 Å². The summed E-state index contributed by atoms with van der Waals surface area (Å²) in [6, 6.07) is 4.01. The van der Waals surface area contributed by atoms with Gasteiger partial charge in [-0.15, -0.1) is 0 Å². The van der Waals surface area contributed by atoms with E-state index < -0.39 is 29.3 Å². The third-order valence-corrected chi connectivity index (χ3v) is 6.07. The number of hydrogen-bond donors (Lipinski definition) is 3. The molecule has 2 unspecified atom stereocenters. The lowest BCUT2D eigenvalue weighted by Crippen LogP contribution is -2.55. The number of hydrogen-bond acceptors (Lipinski definition) is 5. The number of rotatable bonds is 11. The molecule has 0 saturated carbocycles. The third kappa shape index (κ3) is 10.4.